The lowest BCUT2D eigenvalue weighted by atomic mass is 10.1. The molecular formula is C22H28FN5O. The molecule has 1 amide bonds. The minimum atomic E-state index is -0.419. The van der Waals surface area contributed by atoms with Crippen molar-refractivity contribution in [2.75, 3.05) is 36.4 Å². The van der Waals surface area contributed by atoms with Crippen molar-refractivity contribution in [3.63, 3.8) is 0 Å². The zero-order valence-corrected chi connectivity index (χ0v) is 16.9. The quantitative estimate of drug-likeness (QED) is 0.853. The molecular weight excluding hydrogens is 369 g/mol. The Labute approximate surface area is 171 Å². The van der Waals surface area contributed by atoms with Crippen molar-refractivity contribution < 1.29 is 9.18 Å². The van der Waals surface area contributed by atoms with Crippen molar-refractivity contribution in [1.82, 2.24) is 14.9 Å². The van der Waals surface area contributed by atoms with Crippen molar-refractivity contribution in [2.45, 2.75) is 45.1 Å². The van der Waals surface area contributed by atoms with Gasteiger partial charge in [0.2, 0.25) is 11.9 Å². The van der Waals surface area contributed by atoms with E-state index >= 15 is 0 Å². The zero-order valence-electron chi connectivity index (χ0n) is 16.9. The monoisotopic (exact) mass is 397 g/mol. The fourth-order valence-corrected chi connectivity index (χ4v) is 4.16. The minimum absolute atomic E-state index is 0.109. The summed E-state index contributed by atoms with van der Waals surface area (Å²) in [7, 11) is 0. The second kappa shape index (κ2) is 8.76. The standard InChI is InChI=1S/C22H28FN5O/c1-16(29)27-12-8-18(9-13-27)25-22-24-15-20(23)21(26-22)17-6-5-7-19(14-17)28-10-3-2-4-11-28/h5-7,14-15,18H,2-4,8-13H2,1H3,(H,24,25,26). The third kappa shape index (κ3) is 4.66. The first-order valence-electron chi connectivity index (χ1n) is 10.5. The Morgan fingerprint density at radius 1 is 1.14 bits per heavy atom. The molecule has 7 heteroatoms. The molecule has 2 aromatic rings. The van der Waals surface area contributed by atoms with Crippen LogP contribution in [0.15, 0.2) is 30.5 Å². The van der Waals surface area contributed by atoms with Crippen molar-refractivity contribution in [3.8, 4) is 11.3 Å². The molecule has 0 saturated carbocycles. The van der Waals surface area contributed by atoms with Gasteiger partial charge in [-0.05, 0) is 44.2 Å². The van der Waals surface area contributed by atoms with Gasteiger partial charge in [-0.3, -0.25) is 4.79 Å². The fraction of sp³-hybridized carbons (Fsp3) is 0.500. The van der Waals surface area contributed by atoms with Crippen LogP contribution in [0.5, 0.6) is 0 Å². The number of aromatic nitrogens is 2. The highest BCUT2D eigenvalue weighted by molar-refractivity contribution is 5.73. The average Bonchev–Trinajstić information content (AvgIpc) is 2.76. The van der Waals surface area contributed by atoms with Crippen molar-refractivity contribution in [1.29, 1.82) is 0 Å². The number of piperidine rings is 2. The lowest BCUT2D eigenvalue weighted by Gasteiger charge is -2.31. The molecule has 0 bridgehead atoms. The number of hydrogen-bond donors (Lipinski definition) is 1. The largest absolute Gasteiger partial charge is 0.372 e. The van der Waals surface area contributed by atoms with E-state index in [1.54, 1.807) is 6.92 Å². The van der Waals surface area contributed by atoms with Crippen molar-refractivity contribution in [3.05, 3.63) is 36.3 Å². The van der Waals surface area contributed by atoms with E-state index in [2.05, 4.69) is 26.3 Å². The molecule has 154 valence electrons. The summed E-state index contributed by atoms with van der Waals surface area (Å²) in [6.45, 7) is 5.13. The maximum absolute atomic E-state index is 14.5. The SMILES string of the molecule is CC(=O)N1CCC(Nc2ncc(F)c(-c3cccc(N4CCCCC4)c3)n2)CC1. The average molecular weight is 397 g/mol. The molecule has 0 unspecified atom stereocenters. The molecule has 0 radical (unpaired) electrons. The molecule has 0 aliphatic carbocycles. The van der Waals surface area contributed by atoms with E-state index < -0.39 is 5.82 Å². The van der Waals surface area contributed by atoms with Crippen LogP contribution in [-0.4, -0.2) is 53.0 Å². The van der Waals surface area contributed by atoms with Crippen molar-refractivity contribution in [2.24, 2.45) is 0 Å². The van der Waals surface area contributed by atoms with E-state index in [9.17, 15) is 9.18 Å². The van der Waals surface area contributed by atoms with E-state index in [1.165, 1.54) is 25.5 Å². The molecule has 0 atom stereocenters. The predicted octanol–water partition coefficient (Wildman–Crippen LogP) is 3.70. The molecule has 2 aliphatic rings. The van der Waals surface area contributed by atoms with Gasteiger partial charge < -0.3 is 15.1 Å². The Bertz CT molecular complexity index is 860. The van der Waals surface area contributed by atoms with E-state index in [4.69, 9.17) is 0 Å². The highest BCUT2D eigenvalue weighted by atomic mass is 19.1. The Balaban J connectivity index is 1.49. The van der Waals surface area contributed by atoms with Gasteiger partial charge in [0.25, 0.3) is 0 Å². The van der Waals surface area contributed by atoms with Gasteiger partial charge in [0.05, 0.1) is 6.20 Å². The van der Waals surface area contributed by atoms with Crippen LogP contribution < -0.4 is 10.2 Å². The van der Waals surface area contributed by atoms with Crippen LogP contribution in [0.4, 0.5) is 16.0 Å². The van der Waals surface area contributed by atoms with E-state index in [1.807, 2.05) is 23.1 Å². The third-order valence-corrected chi connectivity index (χ3v) is 5.86. The summed E-state index contributed by atoms with van der Waals surface area (Å²) < 4.78 is 14.5. The topological polar surface area (TPSA) is 61.4 Å². The molecule has 29 heavy (non-hydrogen) atoms. The van der Waals surface area contributed by atoms with Gasteiger partial charge in [0, 0.05) is 50.4 Å². The summed E-state index contributed by atoms with van der Waals surface area (Å²) in [5, 5.41) is 3.32. The molecule has 1 aromatic heterocycles. The third-order valence-electron chi connectivity index (χ3n) is 5.86. The molecule has 2 aliphatic heterocycles. The van der Waals surface area contributed by atoms with Crippen molar-refractivity contribution >= 4 is 17.5 Å². The highest BCUT2D eigenvalue weighted by Crippen LogP contribution is 2.28. The maximum atomic E-state index is 14.5. The number of anilines is 2. The molecule has 1 aromatic carbocycles. The number of amides is 1. The summed E-state index contributed by atoms with van der Waals surface area (Å²) in [5.41, 5.74) is 2.20. The van der Waals surface area contributed by atoms with Gasteiger partial charge in [0.15, 0.2) is 5.82 Å². The van der Waals surface area contributed by atoms with Gasteiger partial charge in [-0.15, -0.1) is 0 Å². The predicted molar refractivity (Wildman–Crippen MR) is 112 cm³/mol. The molecule has 3 heterocycles. The molecule has 2 fully saturated rings. The first-order valence-corrected chi connectivity index (χ1v) is 10.5. The lowest BCUT2D eigenvalue weighted by molar-refractivity contribution is -0.129. The maximum Gasteiger partial charge on any atom is 0.223 e. The van der Waals surface area contributed by atoms with Gasteiger partial charge >= 0.3 is 0 Å². The summed E-state index contributed by atoms with van der Waals surface area (Å²) in [6, 6.07) is 8.14. The smallest absolute Gasteiger partial charge is 0.223 e. The number of benzene rings is 1. The number of nitrogens with one attached hydrogen (secondary N) is 1. The number of rotatable bonds is 4. The highest BCUT2D eigenvalue weighted by Gasteiger charge is 2.22. The second-order valence-corrected chi connectivity index (χ2v) is 7.91. The van der Waals surface area contributed by atoms with Crippen LogP contribution in [0.1, 0.15) is 39.0 Å². The molecule has 1 N–H and O–H groups in total. The summed E-state index contributed by atoms with van der Waals surface area (Å²) in [5.74, 6) is 0.126. The molecule has 0 spiro atoms. The first kappa shape index (κ1) is 19.6. The zero-order chi connectivity index (χ0) is 20.2. The number of carbonyl (C=O) groups is 1. The Kier molecular flexibility index (Phi) is 5.92. The van der Waals surface area contributed by atoms with Crippen LogP contribution in [0.25, 0.3) is 11.3 Å². The Hall–Kier alpha value is -2.70. The second-order valence-electron chi connectivity index (χ2n) is 7.91. The Morgan fingerprint density at radius 3 is 2.62 bits per heavy atom. The first-order chi connectivity index (χ1) is 14.1. The van der Waals surface area contributed by atoms with Gasteiger partial charge in [0.1, 0.15) is 5.69 Å². The number of halogens is 1. The van der Waals surface area contributed by atoms with Crippen LogP contribution in [0.2, 0.25) is 0 Å². The number of hydrogen-bond acceptors (Lipinski definition) is 5. The molecule has 4 rings (SSSR count). The van der Waals surface area contributed by atoms with Crippen LogP contribution >= 0.6 is 0 Å². The Morgan fingerprint density at radius 2 is 1.90 bits per heavy atom. The summed E-state index contributed by atoms with van der Waals surface area (Å²) in [4.78, 5) is 24.3. The van der Waals surface area contributed by atoms with Gasteiger partial charge in [-0.25, -0.2) is 14.4 Å². The van der Waals surface area contributed by atoms with E-state index in [-0.39, 0.29) is 11.9 Å². The molecule has 6 nitrogen and oxygen atoms in total. The van der Waals surface area contributed by atoms with E-state index in [0.717, 1.165) is 50.3 Å². The minimum Gasteiger partial charge on any atom is -0.372 e. The molecule has 2 saturated heterocycles. The van der Waals surface area contributed by atoms with E-state index in [0.29, 0.717) is 11.6 Å². The number of nitrogens with zero attached hydrogens (tertiary/aromatic N) is 4. The number of likely N-dealkylation sites (tertiary alicyclic amines) is 1. The fourth-order valence-electron chi connectivity index (χ4n) is 4.16. The summed E-state index contributed by atoms with van der Waals surface area (Å²) in [6.07, 6.45) is 6.57. The van der Waals surface area contributed by atoms with Crippen LogP contribution in [0.3, 0.4) is 0 Å². The number of carbonyl (C=O) groups excluding carboxylic acids is 1. The van der Waals surface area contributed by atoms with Crippen LogP contribution in [-0.2, 0) is 4.79 Å². The summed E-state index contributed by atoms with van der Waals surface area (Å²) >= 11 is 0. The van der Waals surface area contributed by atoms with Gasteiger partial charge in [-0.1, -0.05) is 12.1 Å². The normalized spacial score (nSPS) is 18.0. The van der Waals surface area contributed by atoms with Gasteiger partial charge in [-0.2, -0.15) is 0 Å². The lowest BCUT2D eigenvalue weighted by Crippen LogP contribution is -2.41. The van der Waals surface area contributed by atoms with Crippen LogP contribution in [0, 0.1) is 5.82 Å².